The topological polar surface area (TPSA) is 54.0 Å². The SMILES string of the molecule is Cc1cc(C)c(NC(=O)CNc2nccs2)c(C)c1. The van der Waals surface area contributed by atoms with Crippen molar-refractivity contribution in [2.24, 2.45) is 0 Å². The molecule has 0 fully saturated rings. The van der Waals surface area contributed by atoms with Crippen molar-refractivity contribution in [3.05, 3.63) is 40.4 Å². The molecule has 0 aliphatic carbocycles. The number of nitrogens with zero attached hydrogens (tertiary/aromatic N) is 1. The van der Waals surface area contributed by atoms with Crippen LogP contribution >= 0.6 is 11.3 Å². The highest BCUT2D eigenvalue weighted by atomic mass is 32.1. The fourth-order valence-electron chi connectivity index (χ4n) is 2.03. The number of hydrogen-bond donors (Lipinski definition) is 2. The molecule has 0 bridgehead atoms. The highest BCUT2D eigenvalue weighted by Crippen LogP contribution is 2.21. The fourth-order valence-corrected chi connectivity index (χ4v) is 2.56. The Morgan fingerprint density at radius 1 is 1.26 bits per heavy atom. The lowest BCUT2D eigenvalue weighted by atomic mass is 10.1. The molecule has 1 heterocycles. The van der Waals surface area contributed by atoms with Crippen LogP contribution in [-0.4, -0.2) is 17.4 Å². The Bertz CT molecular complexity index is 555. The number of anilines is 2. The van der Waals surface area contributed by atoms with Gasteiger partial charge in [-0.2, -0.15) is 0 Å². The third kappa shape index (κ3) is 3.54. The summed E-state index contributed by atoms with van der Waals surface area (Å²) in [6.45, 7) is 6.28. The van der Waals surface area contributed by atoms with Crippen molar-refractivity contribution in [2.75, 3.05) is 17.2 Å². The first kappa shape index (κ1) is 13.5. The maximum atomic E-state index is 11.9. The number of amides is 1. The molecule has 19 heavy (non-hydrogen) atoms. The molecule has 0 radical (unpaired) electrons. The van der Waals surface area contributed by atoms with Crippen molar-refractivity contribution in [1.82, 2.24) is 4.98 Å². The van der Waals surface area contributed by atoms with Gasteiger partial charge in [-0.1, -0.05) is 17.7 Å². The van der Waals surface area contributed by atoms with Crippen LogP contribution < -0.4 is 10.6 Å². The van der Waals surface area contributed by atoms with E-state index in [1.54, 1.807) is 6.20 Å². The number of thiazole rings is 1. The van der Waals surface area contributed by atoms with Crippen LogP contribution in [0.1, 0.15) is 16.7 Å². The summed E-state index contributed by atoms with van der Waals surface area (Å²) in [6, 6.07) is 4.13. The predicted molar refractivity (Wildman–Crippen MR) is 79.9 cm³/mol. The molecule has 1 aromatic carbocycles. The second-order valence-electron chi connectivity index (χ2n) is 4.51. The third-order valence-electron chi connectivity index (χ3n) is 2.77. The molecule has 0 saturated carbocycles. The number of aryl methyl sites for hydroxylation is 3. The van der Waals surface area contributed by atoms with Gasteiger partial charge in [0.1, 0.15) is 0 Å². The van der Waals surface area contributed by atoms with Crippen molar-refractivity contribution in [3.8, 4) is 0 Å². The van der Waals surface area contributed by atoms with Gasteiger partial charge in [0.15, 0.2) is 5.13 Å². The van der Waals surface area contributed by atoms with E-state index in [0.29, 0.717) is 0 Å². The lowest BCUT2D eigenvalue weighted by molar-refractivity contribution is -0.114. The zero-order valence-corrected chi connectivity index (χ0v) is 12.1. The van der Waals surface area contributed by atoms with Gasteiger partial charge in [0.25, 0.3) is 0 Å². The van der Waals surface area contributed by atoms with Crippen molar-refractivity contribution < 1.29 is 4.79 Å². The molecule has 2 aromatic rings. The number of aromatic nitrogens is 1. The van der Waals surface area contributed by atoms with Crippen LogP contribution in [0.15, 0.2) is 23.7 Å². The standard InChI is InChI=1S/C14H17N3OS/c1-9-6-10(2)13(11(3)7-9)17-12(18)8-16-14-15-4-5-19-14/h4-7H,8H2,1-3H3,(H,15,16)(H,17,18). The maximum absolute atomic E-state index is 11.9. The lowest BCUT2D eigenvalue weighted by Crippen LogP contribution is -2.22. The van der Waals surface area contributed by atoms with Gasteiger partial charge in [0, 0.05) is 17.3 Å². The molecule has 0 aliphatic heterocycles. The summed E-state index contributed by atoms with van der Waals surface area (Å²) in [5.74, 6) is -0.0646. The van der Waals surface area contributed by atoms with E-state index in [4.69, 9.17) is 0 Å². The van der Waals surface area contributed by atoms with E-state index < -0.39 is 0 Å². The molecular formula is C14H17N3OS. The van der Waals surface area contributed by atoms with Crippen LogP contribution in [0.2, 0.25) is 0 Å². The summed E-state index contributed by atoms with van der Waals surface area (Å²) in [7, 11) is 0. The summed E-state index contributed by atoms with van der Waals surface area (Å²) >= 11 is 1.48. The minimum absolute atomic E-state index is 0.0646. The van der Waals surface area contributed by atoms with E-state index in [9.17, 15) is 4.79 Å². The number of rotatable bonds is 4. The minimum Gasteiger partial charge on any atom is -0.352 e. The smallest absolute Gasteiger partial charge is 0.243 e. The van der Waals surface area contributed by atoms with Crippen LogP contribution in [0.25, 0.3) is 0 Å². The second-order valence-corrected chi connectivity index (χ2v) is 5.41. The molecule has 0 aliphatic rings. The predicted octanol–water partition coefficient (Wildman–Crippen LogP) is 3.12. The summed E-state index contributed by atoms with van der Waals surface area (Å²) in [5, 5.41) is 8.56. The monoisotopic (exact) mass is 275 g/mol. The molecule has 0 atom stereocenters. The van der Waals surface area contributed by atoms with E-state index in [0.717, 1.165) is 21.9 Å². The highest BCUT2D eigenvalue weighted by Gasteiger charge is 2.08. The average molecular weight is 275 g/mol. The Labute approximate surface area is 116 Å². The first-order chi connectivity index (χ1) is 9.06. The van der Waals surface area contributed by atoms with Gasteiger partial charge < -0.3 is 10.6 Å². The van der Waals surface area contributed by atoms with Gasteiger partial charge in [-0.15, -0.1) is 11.3 Å². The van der Waals surface area contributed by atoms with Crippen molar-refractivity contribution in [3.63, 3.8) is 0 Å². The van der Waals surface area contributed by atoms with Crippen LogP contribution in [0.5, 0.6) is 0 Å². The van der Waals surface area contributed by atoms with Crippen LogP contribution in [0, 0.1) is 20.8 Å². The van der Waals surface area contributed by atoms with E-state index in [1.807, 2.05) is 19.2 Å². The van der Waals surface area contributed by atoms with Gasteiger partial charge in [-0.3, -0.25) is 4.79 Å². The van der Waals surface area contributed by atoms with Crippen molar-refractivity contribution >= 4 is 28.1 Å². The summed E-state index contributed by atoms with van der Waals surface area (Å²) in [4.78, 5) is 16.0. The molecule has 100 valence electrons. The molecule has 2 N–H and O–H groups in total. The molecule has 0 unspecified atom stereocenters. The summed E-state index contributed by atoms with van der Waals surface area (Å²) in [5.41, 5.74) is 4.27. The summed E-state index contributed by atoms with van der Waals surface area (Å²) in [6.07, 6.45) is 1.71. The Kier molecular flexibility index (Phi) is 4.16. The average Bonchev–Trinajstić information content (AvgIpc) is 2.84. The maximum Gasteiger partial charge on any atom is 0.243 e. The lowest BCUT2D eigenvalue weighted by Gasteiger charge is -2.13. The Hall–Kier alpha value is -1.88. The normalized spacial score (nSPS) is 10.3. The minimum atomic E-state index is -0.0646. The molecule has 5 heteroatoms. The number of benzene rings is 1. The van der Waals surface area contributed by atoms with Gasteiger partial charge in [0.2, 0.25) is 5.91 Å². The summed E-state index contributed by atoms with van der Waals surface area (Å²) < 4.78 is 0. The van der Waals surface area contributed by atoms with Crippen LogP contribution in [0.3, 0.4) is 0 Å². The van der Waals surface area contributed by atoms with E-state index >= 15 is 0 Å². The fraction of sp³-hybridized carbons (Fsp3) is 0.286. The second kappa shape index (κ2) is 5.84. The number of hydrogen-bond acceptors (Lipinski definition) is 4. The molecule has 0 saturated heterocycles. The van der Waals surface area contributed by atoms with Gasteiger partial charge in [-0.05, 0) is 31.9 Å². The Morgan fingerprint density at radius 2 is 1.95 bits per heavy atom. The number of nitrogens with one attached hydrogen (secondary N) is 2. The van der Waals surface area contributed by atoms with Crippen molar-refractivity contribution in [1.29, 1.82) is 0 Å². The molecule has 1 amide bonds. The van der Waals surface area contributed by atoms with Gasteiger partial charge in [0.05, 0.1) is 6.54 Å². The highest BCUT2D eigenvalue weighted by molar-refractivity contribution is 7.13. The van der Waals surface area contributed by atoms with Gasteiger partial charge >= 0.3 is 0 Å². The number of carbonyl (C=O) groups is 1. The Balaban J connectivity index is 1.99. The van der Waals surface area contributed by atoms with E-state index in [-0.39, 0.29) is 12.5 Å². The zero-order chi connectivity index (χ0) is 13.8. The molecular weight excluding hydrogens is 258 g/mol. The van der Waals surface area contributed by atoms with E-state index in [2.05, 4.69) is 34.7 Å². The van der Waals surface area contributed by atoms with Gasteiger partial charge in [-0.25, -0.2) is 4.98 Å². The van der Waals surface area contributed by atoms with E-state index in [1.165, 1.54) is 16.9 Å². The number of carbonyl (C=O) groups excluding carboxylic acids is 1. The quantitative estimate of drug-likeness (QED) is 0.901. The molecule has 1 aromatic heterocycles. The Morgan fingerprint density at radius 3 is 2.53 bits per heavy atom. The largest absolute Gasteiger partial charge is 0.352 e. The van der Waals surface area contributed by atoms with Crippen LogP contribution in [-0.2, 0) is 4.79 Å². The zero-order valence-electron chi connectivity index (χ0n) is 11.3. The molecule has 2 rings (SSSR count). The van der Waals surface area contributed by atoms with Crippen molar-refractivity contribution in [2.45, 2.75) is 20.8 Å². The van der Waals surface area contributed by atoms with Crippen LogP contribution in [0.4, 0.5) is 10.8 Å². The first-order valence-corrected chi connectivity index (χ1v) is 6.95. The first-order valence-electron chi connectivity index (χ1n) is 6.07. The third-order valence-corrected chi connectivity index (χ3v) is 3.50. The molecule has 4 nitrogen and oxygen atoms in total. The molecule has 0 spiro atoms.